The molecule has 2 aromatic carbocycles. The minimum absolute atomic E-state index is 0.0948. The van der Waals surface area contributed by atoms with E-state index in [0.717, 1.165) is 18.9 Å². The second-order valence-corrected chi connectivity index (χ2v) is 5.80. The van der Waals surface area contributed by atoms with Gasteiger partial charge in [-0.2, -0.15) is 0 Å². The fraction of sp³-hybridized carbons (Fsp3) is 0.333. The van der Waals surface area contributed by atoms with E-state index in [0.29, 0.717) is 17.0 Å². The van der Waals surface area contributed by atoms with Crippen molar-refractivity contribution in [2.24, 2.45) is 0 Å². The quantitative estimate of drug-likeness (QED) is 0.885. The molecule has 1 N–H and O–H groups in total. The van der Waals surface area contributed by atoms with E-state index >= 15 is 0 Å². The van der Waals surface area contributed by atoms with Crippen LogP contribution in [0.3, 0.4) is 0 Å². The molecule has 0 aromatic heterocycles. The van der Waals surface area contributed by atoms with Gasteiger partial charge in [0.05, 0.1) is 0 Å². The van der Waals surface area contributed by atoms with Gasteiger partial charge >= 0.3 is 0 Å². The number of rotatable bonds is 4. The number of benzene rings is 2. The molecule has 0 spiro atoms. The van der Waals surface area contributed by atoms with Crippen LogP contribution in [-0.2, 0) is 6.42 Å². The molecule has 2 unspecified atom stereocenters. The topological polar surface area (TPSA) is 12.0 Å². The number of nitrogens with one attached hydrogen (secondary N) is 1. The van der Waals surface area contributed by atoms with E-state index in [1.54, 1.807) is 13.0 Å². The highest BCUT2D eigenvalue weighted by atomic mass is 19.1. The molecule has 3 heteroatoms. The lowest BCUT2D eigenvalue weighted by Gasteiger charge is -2.33. The molecule has 2 atom stereocenters. The zero-order valence-electron chi connectivity index (χ0n) is 12.3. The van der Waals surface area contributed by atoms with Crippen molar-refractivity contribution in [1.82, 2.24) is 5.32 Å². The van der Waals surface area contributed by atoms with Gasteiger partial charge in [-0.15, -0.1) is 0 Å². The first kappa shape index (κ1) is 14.2. The molecule has 0 saturated carbocycles. The Labute approximate surface area is 124 Å². The Hall–Kier alpha value is -1.74. The van der Waals surface area contributed by atoms with E-state index in [2.05, 4.69) is 17.4 Å². The largest absolute Gasteiger partial charge is 0.313 e. The van der Waals surface area contributed by atoms with Gasteiger partial charge in [0, 0.05) is 17.7 Å². The SMILES string of the molecule is CNC(CC1Cc2ccccc21)c1cc(C)c(F)cc1F. The van der Waals surface area contributed by atoms with Crippen LogP contribution in [0.5, 0.6) is 0 Å². The van der Waals surface area contributed by atoms with Crippen LogP contribution in [0.1, 0.15) is 40.6 Å². The maximum absolute atomic E-state index is 14.1. The number of hydrogen-bond acceptors (Lipinski definition) is 1. The van der Waals surface area contributed by atoms with Crippen LogP contribution in [-0.4, -0.2) is 7.05 Å². The summed E-state index contributed by atoms with van der Waals surface area (Å²) in [5.41, 5.74) is 3.78. The van der Waals surface area contributed by atoms with E-state index in [-0.39, 0.29) is 6.04 Å². The fourth-order valence-electron chi connectivity index (χ4n) is 3.20. The van der Waals surface area contributed by atoms with E-state index in [4.69, 9.17) is 0 Å². The summed E-state index contributed by atoms with van der Waals surface area (Å²) in [6, 6.07) is 10.9. The summed E-state index contributed by atoms with van der Waals surface area (Å²) in [7, 11) is 1.83. The maximum atomic E-state index is 14.1. The predicted molar refractivity (Wildman–Crippen MR) is 80.4 cm³/mol. The van der Waals surface area contributed by atoms with Crippen molar-refractivity contribution in [1.29, 1.82) is 0 Å². The molecule has 1 nitrogen and oxygen atoms in total. The molecule has 1 aliphatic rings. The summed E-state index contributed by atoms with van der Waals surface area (Å²) in [5, 5.41) is 3.17. The van der Waals surface area contributed by atoms with Crippen LogP contribution in [0.25, 0.3) is 0 Å². The zero-order valence-corrected chi connectivity index (χ0v) is 12.3. The summed E-state index contributed by atoms with van der Waals surface area (Å²) < 4.78 is 27.5. The Morgan fingerprint density at radius 2 is 1.95 bits per heavy atom. The molecule has 0 heterocycles. The zero-order chi connectivity index (χ0) is 15.0. The van der Waals surface area contributed by atoms with Gasteiger partial charge in [0.1, 0.15) is 11.6 Å². The molecule has 110 valence electrons. The summed E-state index contributed by atoms with van der Waals surface area (Å²) in [5.74, 6) is -0.506. The monoisotopic (exact) mass is 287 g/mol. The molecule has 1 aliphatic carbocycles. The van der Waals surface area contributed by atoms with Crippen LogP contribution in [0.15, 0.2) is 36.4 Å². The Kier molecular flexibility index (Phi) is 3.77. The molecular formula is C18H19F2N. The highest BCUT2D eigenvalue weighted by Crippen LogP contribution is 2.41. The van der Waals surface area contributed by atoms with Crippen molar-refractivity contribution >= 4 is 0 Å². The molecule has 3 rings (SSSR count). The van der Waals surface area contributed by atoms with Crippen LogP contribution in [0.2, 0.25) is 0 Å². The molecule has 2 aromatic rings. The minimum Gasteiger partial charge on any atom is -0.313 e. The van der Waals surface area contributed by atoms with E-state index in [1.807, 2.05) is 19.2 Å². The van der Waals surface area contributed by atoms with Crippen molar-refractivity contribution < 1.29 is 8.78 Å². The normalized spacial score (nSPS) is 18.0. The van der Waals surface area contributed by atoms with Gasteiger partial charge in [-0.1, -0.05) is 24.3 Å². The minimum atomic E-state index is -0.486. The second-order valence-electron chi connectivity index (χ2n) is 5.80. The van der Waals surface area contributed by atoms with Gasteiger partial charge < -0.3 is 5.32 Å². The van der Waals surface area contributed by atoms with E-state index in [1.165, 1.54) is 11.1 Å². The molecule has 21 heavy (non-hydrogen) atoms. The van der Waals surface area contributed by atoms with E-state index < -0.39 is 11.6 Å². The van der Waals surface area contributed by atoms with Crippen molar-refractivity contribution in [3.05, 3.63) is 70.3 Å². The number of hydrogen-bond donors (Lipinski definition) is 1. The highest BCUT2D eigenvalue weighted by molar-refractivity contribution is 5.40. The van der Waals surface area contributed by atoms with Crippen LogP contribution in [0.4, 0.5) is 8.78 Å². The van der Waals surface area contributed by atoms with Crippen molar-refractivity contribution in [2.45, 2.75) is 31.7 Å². The molecule has 0 bridgehead atoms. The Bertz CT molecular complexity index is 666. The molecule has 0 amide bonds. The lowest BCUT2D eigenvalue weighted by molar-refractivity contribution is 0.435. The van der Waals surface area contributed by atoms with Gasteiger partial charge in [0.2, 0.25) is 0 Å². The predicted octanol–water partition coefficient (Wildman–Crippen LogP) is 4.26. The third kappa shape index (κ3) is 2.58. The smallest absolute Gasteiger partial charge is 0.130 e. The number of halogens is 2. The average molecular weight is 287 g/mol. The number of aryl methyl sites for hydroxylation is 1. The van der Waals surface area contributed by atoms with Crippen LogP contribution < -0.4 is 5.32 Å². The van der Waals surface area contributed by atoms with Gasteiger partial charge in [-0.3, -0.25) is 0 Å². The molecule has 0 radical (unpaired) electrons. The molecule has 0 fully saturated rings. The Morgan fingerprint density at radius 1 is 1.19 bits per heavy atom. The summed E-state index contributed by atoms with van der Waals surface area (Å²) in [4.78, 5) is 0. The number of fused-ring (bicyclic) bond motifs is 1. The fourth-order valence-corrected chi connectivity index (χ4v) is 3.20. The van der Waals surface area contributed by atoms with Crippen molar-refractivity contribution in [2.75, 3.05) is 7.05 Å². The van der Waals surface area contributed by atoms with Gasteiger partial charge in [-0.25, -0.2) is 8.78 Å². The summed E-state index contributed by atoms with van der Waals surface area (Å²) in [6.07, 6.45) is 1.87. The average Bonchev–Trinajstić information content (AvgIpc) is 2.45. The van der Waals surface area contributed by atoms with Crippen molar-refractivity contribution in [3.8, 4) is 0 Å². The summed E-state index contributed by atoms with van der Waals surface area (Å²) in [6.45, 7) is 1.67. The van der Waals surface area contributed by atoms with Crippen LogP contribution >= 0.6 is 0 Å². The Morgan fingerprint density at radius 3 is 2.67 bits per heavy atom. The lowest BCUT2D eigenvalue weighted by atomic mass is 9.73. The van der Waals surface area contributed by atoms with Gasteiger partial charge in [0.25, 0.3) is 0 Å². The van der Waals surface area contributed by atoms with Crippen molar-refractivity contribution in [3.63, 3.8) is 0 Å². The molecule has 0 saturated heterocycles. The highest BCUT2D eigenvalue weighted by Gasteiger charge is 2.29. The van der Waals surface area contributed by atoms with E-state index in [9.17, 15) is 8.78 Å². The lowest BCUT2D eigenvalue weighted by Crippen LogP contribution is -2.25. The first-order valence-corrected chi connectivity index (χ1v) is 7.30. The van der Waals surface area contributed by atoms with Gasteiger partial charge in [0.15, 0.2) is 0 Å². The third-order valence-electron chi connectivity index (χ3n) is 4.48. The standard InChI is InChI=1S/C18H19F2N/c1-11-7-15(17(20)10-16(11)19)18(21-2)9-13-8-12-5-3-4-6-14(12)13/h3-7,10,13,18,21H,8-9H2,1-2H3. The molecular weight excluding hydrogens is 268 g/mol. The summed E-state index contributed by atoms with van der Waals surface area (Å²) >= 11 is 0. The van der Waals surface area contributed by atoms with Crippen LogP contribution in [0, 0.1) is 18.6 Å². The molecule has 0 aliphatic heterocycles. The Balaban J connectivity index is 1.83. The first-order chi connectivity index (χ1) is 10.1. The maximum Gasteiger partial charge on any atom is 0.130 e. The second kappa shape index (κ2) is 5.57. The third-order valence-corrected chi connectivity index (χ3v) is 4.48. The van der Waals surface area contributed by atoms with Gasteiger partial charge in [-0.05, 0) is 55.5 Å². The first-order valence-electron chi connectivity index (χ1n) is 7.30.